The third-order valence-electron chi connectivity index (χ3n) is 3.87. The van der Waals surface area contributed by atoms with Gasteiger partial charge in [0.05, 0.1) is 0 Å². The average molecular weight is 272 g/mol. The van der Waals surface area contributed by atoms with Crippen LogP contribution in [0.2, 0.25) is 0 Å². The predicted molar refractivity (Wildman–Crippen MR) is 88.3 cm³/mol. The molecule has 0 saturated carbocycles. The summed E-state index contributed by atoms with van der Waals surface area (Å²) in [6.45, 7) is 7.83. The van der Waals surface area contributed by atoms with Gasteiger partial charge in [0.25, 0.3) is 0 Å². The molecule has 110 valence electrons. The number of unbranched alkanes of at least 4 members (excludes halogenated alkanes) is 2. The molecule has 0 aliphatic carbocycles. The third-order valence-corrected chi connectivity index (χ3v) is 3.87. The van der Waals surface area contributed by atoms with Crippen molar-refractivity contribution in [2.75, 3.05) is 13.1 Å². The molecule has 0 atom stereocenters. The van der Waals surface area contributed by atoms with Gasteiger partial charge in [-0.3, -0.25) is 0 Å². The summed E-state index contributed by atoms with van der Waals surface area (Å²) >= 11 is 0. The van der Waals surface area contributed by atoms with Gasteiger partial charge < -0.3 is 9.88 Å². The molecule has 0 fully saturated rings. The maximum Gasteiger partial charge on any atom is 0.0483 e. The summed E-state index contributed by atoms with van der Waals surface area (Å²) in [5.74, 6) is 0. The lowest BCUT2D eigenvalue weighted by Gasteiger charge is -2.03. The Balaban J connectivity index is 2.09. The van der Waals surface area contributed by atoms with Gasteiger partial charge in [0, 0.05) is 23.6 Å². The molecular formula is C18H28N2. The van der Waals surface area contributed by atoms with Gasteiger partial charge in [-0.15, -0.1) is 0 Å². The SMILES string of the molecule is CCCCCn1cc(CCNCCC)c2ccccc21. The van der Waals surface area contributed by atoms with Gasteiger partial charge in [-0.25, -0.2) is 0 Å². The Hall–Kier alpha value is -1.28. The van der Waals surface area contributed by atoms with Gasteiger partial charge in [0.1, 0.15) is 0 Å². The first-order chi connectivity index (χ1) is 9.86. The summed E-state index contributed by atoms with van der Waals surface area (Å²) in [6.07, 6.45) is 8.59. The summed E-state index contributed by atoms with van der Waals surface area (Å²) < 4.78 is 2.44. The zero-order valence-electron chi connectivity index (χ0n) is 13.0. The van der Waals surface area contributed by atoms with E-state index in [0.717, 1.165) is 26.1 Å². The molecule has 1 heterocycles. The molecule has 1 aromatic carbocycles. The minimum atomic E-state index is 1.08. The third kappa shape index (κ3) is 3.86. The average Bonchev–Trinajstić information content (AvgIpc) is 2.83. The highest BCUT2D eigenvalue weighted by Crippen LogP contribution is 2.22. The Morgan fingerprint density at radius 1 is 1.00 bits per heavy atom. The normalized spacial score (nSPS) is 11.3. The fourth-order valence-electron chi connectivity index (χ4n) is 2.76. The highest BCUT2D eigenvalue weighted by Gasteiger charge is 2.07. The number of nitrogens with zero attached hydrogens (tertiary/aromatic N) is 1. The van der Waals surface area contributed by atoms with E-state index >= 15 is 0 Å². The van der Waals surface area contributed by atoms with E-state index in [-0.39, 0.29) is 0 Å². The first-order valence-electron chi connectivity index (χ1n) is 8.14. The molecule has 20 heavy (non-hydrogen) atoms. The molecular weight excluding hydrogens is 244 g/mol. The van der Waals surface area contributed by atoms with E-state index in [4.69, 9.17) is 0 Å². The van der Waals surface area contributed by atoms with Crippen LogP contribution < -0.4 is 5.32 Å². The Morgan fingerprint density at radius 3 is 2.65 bits per heavy atom. The smallest absolute Gasteiger partial charge is 0.0483 e. The van der Waals surface area contributed by atoms with Crippen LogP contribution in [-0.2, 0) is 13.0 Å². The molecule has 0 bridgehead atoms. The predicted octanol–water partition coefficient (Wildman–Crippen LogP) is 4.37. The van der Waals surface area contributed by atoms with Crippen molar-refractivity contribution in [1.82, 2.24) is 9.88 Å². The number of hydrogen-bond donors (Lipinski definition) is 1. The first kappa shape index (κ1) is 15.1. The van der Waals surface area contributed by atoms with E-state index in [2.05, 4.69) is 54.2 Å². The second kappa shape index (κ2) is 8.11. The summed E-state index contributed by atoms with van der Waals surface area (Å²) in [7, 11) is 0. The first-order valence-corrected chi connectivity index (χ1v) is 8.14. The number of benzene rings is 1. The van der Waals surface area contributed by atoms with E-state index in [9.17, 15) is 0 Å². The van der Waals surface area contributed by atoms with Crippen molar-refractivity contribution < 1.29 is 0 Å². The second-order valence-electron chi connectivity index (χ2n) is 5.57. The number of aromatic nitrogens is 1. The summed E-state index contributed by atoms with van der Waals surface area (Å²) in [5.41, 5.74) is 2.88. The summed E-state index contributed by atoms with van der Waals surface area (Å²) in [6, 6.07) is 8.82. The maximum atomic E-state index is 3.50. The van der Waals surface area contributed by atoms with Crippen molar-refractivity contribution in [3.63, 3.8) is 0 Å². The molecule has 0 unspecified atom stereocenters. The fourth-order valence-corrected chi connectivity index (χ4v) is 2.76. The van der Waals surface area contributed by atoms with Crippen LogP contribution in [0.25, 0.3) is 10.9 Å². The zero-order valence-corrected chi connectivity index (χ0v) is 13.0. The zero-order chi connectivity index (χ0) is 14.2. The van der Waals surface area contributed by atoms with E-state index in [0.29, 0.717) is 0 Å². The van der Waals surface area contributed by atoms with Crippen LogP contribution in [0.1, 0.15) is 45.1 Å². The highest BCUT2D eigenvalue weighted by molar-refractivity contribution is 5.84. The quantitative estimate of drug-likeness (QED) is 0.671. The van der Waals surface area contributed by atoms with Gasteiger partial charge >= 0.3 is 0 Å². The highest BCUT2D eigenvalue weighted by atomic mass is 15.0. The molecule has 2 aromatic rings. The van der Waals surface area contributed by atoms with Crippen molar-refractivity contribution in [1.29, 1.82) is 0 Å². The van der Waals surface area contributed by atoms with Crippen LogP contribution in [-0.4, -0.2) is 17.7 Å². The Morgan fingerprint density at radius 2 is 1.85 bits per heavy atom. The van der Waals surface area contributed by atoms with E-state index in [1.807, 2.05) is 0 Å². The minimum absolute atomic E-state index is 1.08. The van der Waals surface area contributed by atoms with Gasteiger partial charge in [0.15, 0.2) is 0 Å². The van der Waals surface area contributed by atoms with Gasteiger partial charge in [-0.1, -0.05) is 44.9 Å². The number of hydrogen-bond acceptors (Lipinski definition) is 1. The van der Waals surface area contributed by atoms with Crippen molar-refractivity contribution in [3.8, 4) is 0 Å². The lowest BCUT2D eigenvalue weighted by molar-refractivity contribution is 0.614. The minimum Gasteiger partial charge on any atom is -0.347 e. The molecule has 0 aliphatic rings. The Kier molecular flexibility index (Phi) is 6.13. The standard InChI is InChI=1S/C18H28N2/c1-3-5-8-14-20-15-16(11-13-19-12-4-2)17-9-6-7-10-18(17)20/h6-7,9-10,15,19H,3-5,8,11-14H2,1-2H3. The van der Waals surface area contributed by atoms with Crippen molar-refractivity contribution in [3.05, 3.63) is 36.0 Å². The van der Waals surface area contributed by atoms with Gasteiger partial charge in [-0.05, 0) is 44.0 Å². The molecule has 2 heteroatoms. The second-order valence-corrected chi connectivity index (χ2v) is 5.57. The monoisotopic (exact) mass is 272 g/mol. The lowest BCUT2D eigenvalue weighted by atomic mass is 10.1. The lowest BCUT2D eigenvalue weighted by Crippen LogP contribution is -2.17. The van der Waals surface area contributed by atoms with Crippen molar-refractivity contribution in [2.24, 2.45) is 0 Å². The molecule has 0 amide bonds. The van der Waals surface area contributed by atoms with Crippen molar-refractivity contribution >= 4 is 10.9 Å². The molecule has 0 saturated heterocycles. The van der Waals surface area contributed by atoms with Crippen LogP contribution in [0.15, 0.2) is 30.5 Å². The molecule has 1 N–H and O–H groups in total. The molecule has 2 rings (SSSR count). The molecule has 0 radical (unpaired) electrons. The van der Waals surface area contributed by atoms with Crippen molar-refractivity contribution in [2.45, 2.75) is 52.5 Å². The van der Waals surface area contributed by atoms with Crippen LogP contribution in [0.4, 0.5) is 0 Å². The number of fused-ring (bicyclic) bond motifs is 1. The van der Waals surface area contributed by atoms with Crippen LogP contribution >= 0.6 is 0 Å². The number of nitrogens with one attached hydrogen (secondary N) is 1. The van der Waals surface area contributed by atoms with E-state index in [1.165, 1.54) is 42.1 Å². The largest absolute Gasteiger partial charge is 0.347 e. The molecule has 0 aliphatic heterocycles. The Bertz CT molecular complexity index is 513. The van der Waals surface area contributed by atoms with E-state index < -0.39 is 0 Å². The maximum absolute atomic E-state index is 3.50. The molecule has 1 aromatic heterocycles. The number of rotatable bonds is 9. The number of para-hydroxylation sites is 1. The summed E-state index contributed by atoms with van der Waals surface area (Å²) in [4.78, 5) is 0. The molecule has 2 nitrogen and oxygen atoms in total. The number of aryl methyl sites for hydroxylation is 1. The fraction of sp³-hybridized carbons (Fsp3) is 0.556. The van der Waals surface area contributed by atoms with E-state index in [1.54, 1.807) is 0 Å². The molecule has 0 spiro atoms. The van der Waals surface area contributed by atoms with Crippen LogP contribution in [0, 0.1) is 0 Å². The Labute approximate surface area is 123 Å². The van der Waals surface area contributed by atoms with Gasteiger partial charge in [0.2, 0.25) is 0 Å². The van der Waals surface area contributed by atoms with Crippen LogP contribution in [0.5, 0.6) is 0 Å². The topological polar surface area (TPSA) is 17.0 Å². The van der Waals surface area contributed by atoms with Gasteiger partial charge in [-0.2, -0.15) is 0 Å². The van der Waals surface area contributed by atoms with Crippen LogP contribution in [0.3, 0.4) is 0 Å². The summed E-state index contributed by atoms with van der Waals surface area (Å²) in [5, 5.41) is 4.93.